The van der Waals surface area contributed by atoms with Crippen LogP contribution in [0, 0.1) is 0 Å². The number of rotatable bonds is 5. The molecular formula is C22H16Cl3N5O2. The van der Waals surface area contributed by atoms with Gasteiger partial charge in [-0.1, -0.05) is 34.8 Å². The first-order chi connectivity index (χ1) is 15.5. The Morgan fingerprint density at radius 3 is 2.53 bits per heavy atom. The second-order valence-electron chi connectivity index (χ2n) is 7.03. The predicted molar refractivity (Wildman–Crippen MR) is 125 cm³/mol. The summed E-state index contributed by atoms with van der Waals surface area (Å²) < 4.78 is 12.6. The Balaban J connectivity index is 1.57. The van der Waals surface area contributed by atoms with Crippen LogP contribution in [0.5, 0.6) is 11.5 Å². The number of ether oxygens (including phenoxy) is 2. The second-order valence-corrected chi connectivity index (χ2v) is 8.22. The van der Waals surface area contributed by atoms with E-state index in [1.54, 1.807) is 38.6 Å². The SMILES string of the molecule is COc1cc(Cl)c(-c2nccc3nc(Cc4nc5ccc(Cl)c(Cl)c5[nH]4)cn23)cc1OC. The van der Waals surface area contributed by atoms with Gasteiger partial charge in [0.15, 0.2) is 11.5 Å². The number of benzene rings is 2. The molecule has 7 nitrogen and oxygen atoms in total. The lowest BCUT2D eigenvalue weighted by atomic mass is 10.1. The minimum Gasteiger partial charge on any atom is -0.493 e. The molecule has 32 heavy (non-hydrogen) atoms. The number of hydrogen-bond acceptors (Lipinski definition) is 5. The van der Waals surface area contributed by atoms with Crippen LogP contribution in [0.15, 0.2) is 42.7 Å². The number of fused-ring (bicyclic) bond motifs is 2. The summed E-state index contributed by atoms with van der Waals surface area (Å²) in [4.78, 5) is 17.1. The summed E-state index contributed by atoms with van der Waals surface area (Å²) in [7, 11) is 3.14. The van der Waals surface area contributed by atoms with Crippen LogP contribution in [0.1, 0.15) is 11.5 Å². The number of halogens is 3. The van der Waals surface area contributed by atoms with Crippen LogP contribution in [-0.4, -0.2) is 38.6 Å². The molecule has 10 heteroatoms. The Kier molecular flexibility index (Phi) is 5.33. The van der Waals surface area contributed by atoms with E-state index in [4.69, 9.17) is 49.3 Å². The molecule has 5 rings (SSSR count). The maximum absolute atomic E-state index is 6.53. The van der Waals surface area contributed by atoms with Crippen molar-refractivity contribution in [1.82, 2.24) is 24.3 Å². The van der Waals surface area contributed by atoms with E-state index in [0.29, 0.717) is 49.9 Å². The fraction of sp³-hybridized carbons (Fsp3) is 0.136. The van der Waals surface area contributed by atoms with Gasteiger partial charge >= 0.3 is 0 Å². The highest BCUT2D eigenvalue weighted by molar-refractivity contribution is 6.44. The van der Waals surface area contributed by atoms with E-state index < -0.39 is 0 Å². The lowest BCUT2D eigenvalue weighted by molar-refractivity contribution is 0.355. The van der Waals surface area contributed by atoms with Crippen LogP contribution in [0.3, 0.4) is 0 Å². The highest BCUT2D eigenvalue weighted by Crippen LogP contribution is 2.38. The molecule has 0 amide bonds. The summed E-state index contributed by atoms with van der Waals surface area (Å²) in [5.41, 5.74) is 3.68. The van der Waals surface area contributed by atoms with E-state index in [1.807, 2.05) is 22.7 Å². The Morgan fingerprint density at radius 2 is 1.75 bits per heavy atom. The third kappa shape index (κ3) is 3.52. The molecule has 0 fully saturated rings. The fourth-order valence-corrected chi connectivity index (χ4v) is 4.21. The highest BCUT2D eigenvalue weighted by atomic mass is 35.5. The number of aromatic amines is 1. The largest absolute Gasteiger partial charge is 0.493 e. The number of methoxy groups -OCH3 is 2. The number of H-pyrrole nitrogens is 1. The molecule has 0 bridgehead atoms. The summed E-state index contributed by atoms with van der Waals surface area (Å²) >= 11 is 18.9. The Bertz CT molecular complexity index is 1480. The average Bonchev–Trinajstić information content (AvgIpc) is 3.40. The summed E-state index contributed by atoms with van der Waals surface area (Å²) in [6, 6.07) is 8.89. The van der Waals surface area contributed by atoms with Gasteiger partial charge in [-0.3, -0.25) is 4.40 Å². The van der Waals surface area contributed by atoms with Gasteiger partial charge < -0.3 is 14.5 Å². The first-order valence-corrected chi connectivity index (χ1v) is 10.7. The molecule has 0 radical (unpaired) electrons. The molecule has 0 spiro atoms. The Hall–Kier alpha value is -3.00. The summed E-state index contributed by atoms with van der Waals surface area (Å²) in [5, 5.41) is 1.42. The van der Waals surface area contributed by atoms with Crippen LogP contribution in [0.4, 0.5) is 0 Å². The van der Waals surface area contributed by atoms with Crippen molar-refractivity contribution in [1.29, 1.82) is 0 Å². The van der Waals surface area contributed by atoms with Crippen LogP contribution in [0.25, 0.3) is 28.1 Å². The van der Waals surface area contributed by atoms with Gasteiger partial charge in [-0.15, -0.1) is 0 Å². The predicted octanol–water partition coefficient (Wildman–Crippen LogP) is 5.84. The fourth-order valence-electron chi connectivity index (χ4n) is 3.60. The summed E-state index contributed by atoms with van der Waals surface area (Å²) in [6.45, 7) is 0. The standard InChI is InChI=1S/C22H16Cl3N5O2/c1-31-16-8-12(14(24)9-17(16)32-2)22-26-6-5-19-27-11(10-30(19)22)7-18-28-15-4-3-13(23)20(25)21(15)29-18/h3-6,8-10H,7H2,1-2H3,(H,28,29). The minimum absolute atomic E-state index is 0.451. The molecule has 0 unspecified atom stereocenters. The van der Waals surface area contributed by atoms with Crippen molar-refractivity contribution in [3.63, 3.8) is 0 Å². The minimum atomic E-state index is 0.451. The number of nitrogens with one attached hydrogen (secondary N) is 1. The number of aromatic nitrogens is 5. The molecule has 1 N–H and O–H groups in total. The summed E-state index contributed by atoms with van der Waals surface area (Å²) in [6.07, 6.45) is 4.08. The van der Waals surface area contributed by atoms with Crippen LogP contribution < -0.4 is 9.47 Å². The van der Waals surface area contributed by atoms with E-state index in [-0.39, 0.29) is 0 Å². The van der Waals surface area contributed by atoms with Crippen molar-refractivity contribution in [2.45, 2.75) is 6.42 Å². The molecule has 0 saturated carbocycles. The average molecular weight is 489 g/mol. The number of hydrogen-bond donors (Lipinski definition) is 1. The monoisotopic (exact) mass is 487 g/mol. The molecule has 0 aliphatic carbocycles. The maximum atomic E-state index is 6.53. The van der Waals surface area contributed by atoms with Crippen molar-refractivity contribution in [2.75, 3.05) is 14.2 Å². The van der Waals surface area contributed by atoms with Crippen molar-refractivity contribution < 1.29 is 9.47 Å². The zero-order valence-electron chi connectivity index (χ0n) is 17.0. The number of nitrogens with zero attached hydrogens (tertiary/aromatic N) is 4. The van der Waals surface area contributed by atoms with Crippen LogP contribution in [-0.2, 0) is 6.42 Å². The van der Waals surface area contributed by atoms with Gasteiger partial charge in [0.1, 0.15) is 17.3 Å². The third-order valence-corrected chi connectivity index (χ3v) is 6.21. The molecule has 0 saturated heterocycles. The van der Waals surface area contributed by atoms with Crippen molar-refractivity contribution in [3.8, 4) is 22.9 Å². The molecule has 3 heterocycles. The Labute approximate surface area is 197 Å². The van der Waals surface area contributed by atoms with Gasteiger partial charge in [0.2, 0.25) is 0 Å². The summed E-state index contributed by atoms with van der Waals surface area (Å²) in [5.74, 6) is 2.46. The van der Waals surface area contributed by atoms with Crippen molar-refractivity contribution >= 4 is 51.5 Å². The van der Waals surface area contributed by atoms with Gasteiger partial charge in [-0.2, -0.15) is 0 Å². The third-order valence-electron chi connectivity index (χ3n) is 5.09. The van der Waals surface area contributed by atoms with E-state index in [9.17, 15) is 0 Å². The maximum Gasteiger partial charge on any atom is 0.162 e. The van der Waals surface area contributed by atoms with Gasteiger partial charge in [0.25, 0.3) is 0 Å². The van der Waals surface area contributed by atoms with Gasteiger partial charge in [-0.25, -0.2) is 15.0 Å². The van der Waals surface area contributed by atoms with E-state index in [1.165, 1.54) is 0 Å². The molecular weight excluding hydrogens is 473 g/mol. The molecule has 2 aromatic carbocycles. The molecule has 3 aromatic heterocycles. The molecule has 5 aromatic rings. The first kappa shape index (κ1) is 20.9. The van der Waals surface area contributed by atoms with Crippen molar-refractivity contribution in [3.05, 3.63) is 69.3 Å². The highest BCUT2D eigenvalue weighted by Gasteiger charge is 2.17. The van der Waals surface area contributed by atoms with E-state index in [2.05, 4.69) is 15.0 Å². The molecule has 0 aliphatic rings. The molecule has 0 atom stereocenters. The zero-order chi connectivity index (χ0) is 22.4. The van der Waals surface area contributed by atoms with Crippen LogP contribution >= 0.6 is 34.8 Å². The lowest BCUT2D eigenvalue weighted by Crippen LogP contribution is -1.97. The zero-order valence-corrected chi connectivity index (χ0v) is 19.3. The molecule has 162 valence electrons. The van der Waals surface area contributed by atoms with E-state index >= 15 is 0 Å². The topological polar surface area (TPSA) is 77.3 Å². The van der Waals surface area contributed by atoms with Gasteiger partial charge in [-0.05, 0) is 24.3 Å². The van der Waals surface area contributed by atoms with E-state index in [0.717, 1.165) is 22.7 Å². The Morgan fingerprint density at radius 1 is 0.969 bits per heavy atom. The lowest BCUT2D eigenvalue weighted by Gasteiger charge is -2.12. The van der Waals surface area contributed by atoms with Crippen molar-refractivity contribution in [2.24, 2.45) is 0 Å². The van der Waals surface area contributed by atoms with Gasteiger partial charge in [0.05, 0.1) is 46.0 Å². The second kappa shape index (κ2) is 8.16. The van der Waals surface area contributed by atoms with Gasteiger partial charge in [0, 0.05) is 30.4 Å². The quantitative estimate of drug-likeness (QED) is 0.336. The normalized spacial score (nSPS) is 11.4. The van der Waals surface area contributed by atoms with Crippen LogP contribution in [0.2, 0.25) is 15.1 Å². The number of imidazole rings is 2. The molecule has 0 aliphatic heterocycles. The smallest absolute Gasteiger partial charge is 0.162 e. The first-order valence-electron chi connectivity index (χ1n) is 9.56.